The quantitative estimate of drug-likeness (QED) is 0.194. The molecule has 5 rings (SSSR count). The van der Waals surface area contributed by atoms with E-state index in [0.717, 1.165) is 54.1 Å². The van der Waals surface area contributed by atoms with E-state index in [1.807, 2.05) is 0 Å². The van der Waals surface area contributed by atoms with Gasteiger partial charge in [0.2, 0.25) is 22.1 Å². The Hall–Kier alpha value is -3.92. The molecule has 0 saturated heterocycles. The summed E-state index contributed by atoms with van der Waals surface area (Å²) in [6, 6.07) is 9.77. The number of anilines is 2. The average Bonchev–Trinajstić information content (AvgIpc) is 3.62. The minimum Gasteiger partial charge on any atom is -0.300 e. The molecule has 2 N–H and O–H groups in total. The fourth-order valence-electron chi connectivity index (χ4n) is 5.11. The van der Waals surface area contributed by atoms with Crippen molar-refractivity contribution in [2.75, 3.05) is 10.6 Å². The van der Waals surface area contributed by atoms with Crippen molar-refractivity contribution in [2.24, 2.45) is 0 Å². The van der Waals surface area contributed by atoms with Crippen LogP contribution in [0.4, 0.5) is 36.6 Å². The highest BCUT2D eigenvalue weighted by atomic mass is 32.1. The smallest absolute Gasteiger partial charge is 0.300 e. The van der Waals surface area contributed by atoms with Crippen LogP contribution in [-0.4, -0.2) is 32.2 Å². The number of alkyl halides is 6. The Labute approximate surface area is 254 Å². The monoisotopic (exact) mass is 654 g/mol. The van der Waals surface area contributed by atoms with Crippen LogP contribution in [0.25, 0.3) is 0 Å². The average molecular weight is 655 g/mol. The zero-order valence-electron chi connectivity index (χ0n) is 22.7. The highest BCUT2D eigenvalue weighted by Gasteiger charge is 2.35. The van der Waals surface area contributed by atoms with Crippen LogP contribution >= 0.6 is 22.7 Å². The second kappa shape index (κ2) is 13.0. The lowest BCUT2D eigenvalue weighted by molar-refractivity contribution is -0.139. The van der Waals surface area contributed by atoms with Crippen LogP contribution in [0.15, 0.2) is 48.5 Å². The summed E-state index contributed by atoms with van der Waals surface area (Å²) in [6.45, 7) is 0. The van der Waals surface area contributed by atoms with Crippen LogP contribution in [0, 0.1) is 0 Å². The van der Waals surface area contributed by atoms with Crippen LogP contribution in [0.2, 0.25) is 0 Å². The summed E-state index contributed by atoms with van der Waals surface area (Å²) in [5, 5.41) is 23.2. The van der Waals surface area contributed by atoms with Gasteiger partial charge in [0, 0.05) is 11.8 Å². The Bertz CT molecular complexity index is 1520. The highest BCUT2D eigenvalue weighted by Crippen LogP contribution is 2.43. The highest BCUT2D eigenvalue weighted by molar-refractivity contribution is 7.15. The molecular weight excluding hydrogens is 630 g/mol. The Morgan fingerprint density at radius 1 is 0.682 bits per heavy atom. The van der Waals surface area contributed by atoms with Crippen LogP contribution in [0.1, 0.15) is 69.8 Å². The van der Waals surface area contributed by atoms with E-state index < -0.39 is 48.1 Å². The third kappa shape index (κ3) is 7.77. The molecule has 2 aromatic heterocycles. The maximum atomic E-state index is 13.3. The number of halogens is 6. The van der Waals surface area contributed by atoms with E-state index in [-0.39, 0.29) is 33.2 Å². The Kier molecular flexibility index (Phi) is 9.29. The first-order valence-corrected chi connectivity index (χ1v) is 15.1. The fourth-order valence-corrected chi connectivity index (χ4v) is 6.93. The molecule has 2 atom stereocenters. The largest absolute Gasteiger partial charge is 0.416 e. The molecule has 1 saturated carbocycles. The van der Waals surface area contributed by atoms with Gasteiger partial charge in [0.15, 0.2) is 0 Å². The van der Waals surface area contributed by atoms with Crippen LogP contribution in [0.5, 0.6) is 0 Å². The number of hydrogen-bond acceptors (Lipinski definition) is 8. The third-order valence-corrected chi connectivity index (χ3v) is 9.10. The number of carbonyl (C=O) groups is 2. The molecule has 1 aliphatic carbocycles. The van der Waals surface area contributed by atoms with Gasteiger partial charge < -0.3 is 10.6 Å². The molecular formula is C28H24F6N6O2S2. The normalized spacial score (nSPS) is 17.3. The van der Waals surface area contributed by atoms with E-state index >= 15 is 0 Å². The zero-order chi connectivity index (χ0) is 31.5. The predicted octanol–water partition coefficient (Wildman–Crippen LogP) is 7.23. The molecule has 0 radical (unpaired) electrons. The summed E-state index contributed by atoms with van der Waals surface area (Å²) in [5.41, 5.74) is -2.02. The molecule has 8 nitrogen and oxygen atoms in total. The third-order valence-electron chi connectivity index (χ3n) is 7.09. The van der Waals surface area contributed by atoms with Gasteiger partial charge in [-0.15, -0.1) is 20.4 Å². The first-order chi connectivity index (χ1) is 20.9. The number of hydrogen-bond donors (Lipinski definition) is 2. The summed E-state index contributed by atoms with van der Waals surface area (Å²) in [5.74, 6) is -1.31. The number of nitrogens with one attached hydrogen (secondary N) is 2. The van der Waals surface area contributed by atoms with Gasteiger partial charge in [-0.2, -0.15) is 26.3 Å². The standard InChI is InChI=1S/C28H24F6N6O2S2/c29-27(30,31)19-10-3-1-6-15(19)13-21(41)35-25-39-37-23(43-25)17-8-5-9-18(12-17)24-38-40-26(44-24)36-22(42)14-16-7-2-4-11-20(16)28(32,33)34/h1-4,6-7,10-11,17-18H,5,8-9,12-14H2,(H,35,39,41)(H,36,40,42). The fraction of sp³-hybridized carbons (Fsp3) is 0.357. The predicted molar refractivity (Wildman–Crippen MR) is 151 cm³/mol. The van der Waals surface area contributed by atoms with Gasteiger partial charge in [0.25, 0.3) is 0 Å². The molecule has 2 unspecified atom stereocenters. The summed E-state index contributed by atoms with van der Waals surface area (Å²) in [6.07, 6.45) is -7.01. The minimum atomic E-state index is -4.58. The van der Waals surface area contributed by atoms with Crippen molar-refractivity contribution < 1.29 is 35.9 Å². The van der Waals surface area contributed by atoms with Crippen molar-refractivity contribution in [2.45, 2.75) is 62.7 Å². The Balaban J connectivity index is 1.17. The van der Waals surface area contributed by atoms with Crippen molar-refractivity contribution in [1.29, 1.82) is 0 Å². The first-order valence-electron chi connectivity index (χ1n) is 13.4. The van der Waals surface area contributed by atoms with E-state index in [4.69, 9.17) is 0 Å². The number of aromatic nitrogens is 4. The van der Waals surface area contributed by atoms with Crippen LogP contribution in [-0.2, 0) is 34.8 Å². The maximum Gasteiger partial charge on any atom is 0.416 e. The lowest BCUT2D eigenvalue weighted by atomic mass is 9.82. The number of carbonyl (C=O) groups excluding carboxylic acids is 2. The van der Waals surface area contributed by atoms with Crippen LogP contribution in [0.3, 0.4) is 0 Å². The van der Waals surface area contributed by atoms with Crippen molar-refractivity contribution in [3.8, 4) is 0 Å². The topological polar surface area (TPSA) is 110 Å². The molecule has 1 fully saturated rings. The van der Waals surface area contributed by atoms with E-state index in [1.54, 1.807) is 0 Å². The van der Waals surface area contributed by atoms with E-state index in [1.165, 1.54) is 36.4 Å². The SMILES string of the molecule is O=C(Cc1ccccc1C(F)(F)F)Nc1nnc(C2CCCC(c3nnc(NC(=O)Cc4ccccc4C(F)(F)F)s3)C2)s1. The van der Waals surface area contributed by atoms with Crippen molar-refractivity contribution >= 4 is 44.8 Å². The Morgan fingerprint density at radius 2 is 1.09 bits per heavy atom. The van der Waals surface area contributed by atoms with E-state index in [9.17, 15) is 35.9 Å². The van der Waals surface area contributed by atoms with Crippen molar-refractivity contribution in [3.05, 3.63) is 80.8 Å². The minimum absolute atomic E-state index is 0.0105. The van der Waals surface area contributed by atoms with Gasteiger partial charge in [-0.25, -0.2) is 0 Å². The van der Waals surface area contributed by atoms with Crippen molar-refractivity contribution in [1.82, 2.24) is 20.4 Å². The summed E-state index contributed by atoms with van der Waals surface area (Å²) in [4.78, 5) is 25.0. The molecule has 16 heteroatoms. The zero-order valence-corrected chi connectivity index (χ0v) is 24.3. The number of rotatable bonds is 8. The number of nitrogens with zero attached hydrogens (tertiary/aromatic N) is 4. The van der Waals surface area contributed by atoms with Gasteiger partial charge in [-0.05, 0) is 42.5 Å². The molecule has 0 bridgehead atoms. The summed E-state index contributed by atoms with van der Waals surface area (Å²) in [7, 11) is 0. The molecule has 232 valence electrons. The first kappa shape index (κ1) is 31.5. The molecule has 4 aromatic rings. The lowest BCUT2D eigenvalue weighted by Gasteiger charge is -2.25. The van der Waals surface area contributed by atoms with Gasteiger partial charge in [0.1, 0.15) is 10.0 Å². The molecule has 2 heterocycles. The Morgan fingerprint density at radius 3 is 1.50 bits per heavy atom. The molecule has 0 spiro atoms. The van der Waals surface area contributed by atoms with Gasteiger partial charge in [0.05, 0.1) is 24.0 Å². The molecule has 2 aromatic carbocycles. The summed E-state index contributed by atoms with van der Waals surface area (Å²) < 4.78 is 79.6. The lowest BCUT2D eigenvalue weighted by Crippen LogP contribution is -2.17. The van der Waals surface area contributed by atoms with E-state index in [0.29, 0.717) is 16.4 Å². The van der Waals surface area contributed by atoms with Gasteiger partial charge in [-0.3, -0.25) is 9.59 Å². The van der Waals surface area contributed by atoms with Crippen LogP contribution < -0.4 is 10.6 Å². The summed E-state index contributed by atoms with van der Waals surface area (Å²) >= 11 is 2.31. The van der Waals surface area contributed by atoms with Gasteiger partial charge >= 0.3 is 12.4 Å². The second-order valence-corrected chi connectivity index (χ2v) is 12.2. The molecule has 1 aliphatic rings. The second-order valence-electron chi connectivity index (χ2n) is 10.2. The molecule has 2 amide bonds. The maximum absolute atomic E-state index is 13.3. The number of benzene rings is 2. The molecule has 0 aliphatic heterocycles. The van der Waals surface area contributed by atoms with Gasteiger partial charge in [-0.1, -0.05) is 65.5 Å². The van der Waals surface area contributed by atoms with E-state index in [2.05, 4.69) is 31.0 Å². The number of amides is 2. The molecule has 44 heavy (non-hydrogen) atoms. The van der Waals surface area contributed by atoms with Crippen molar-refractivity contribution in [3.63, 3.8) is 0 Å².